The summed E-state index contributed by atoms with van der Waals surface area (Å²) in [6, 6.07) is 13.2. The number of amides is 2. The second-order valence-corrected chi connectivity index (χ2v) is 6.66. The van der Waals surface area contributed by atoms with Crippen LogP contribution < -0.4 is 10.6 Å². The summed E-state index contributed by atoms with van der Waals surface area (Å²) in [5, 5.41) is 14.9. The number of benzene rings is 2. The summed E-state index contributed by atoms with van der Waals surface area (Å²) in [6.07, 6.45) is 1.07. The molecule has 7 heteroatoms. The molecular weight excluding hydrogens is 359 g/mol. The van der Waals surface area contributed by atoms with E-state index in [-0.39, 0.29) is 17.3 Å². The predicted octanol–water partition coefficient (Wildman–Crippen LogP) is 2.92. The van der Waals surface area contributed by atoms with Crippen LogP contribution >= 0.6 is 11.6 Å². The zero-order valence-electron chi connectivity index (χ0n) is 14.3. The van der Waals surface area contributed by atoms with Crippen molar-refractivity contribution >= 4 is 29.1 Å². The fourth-order valence-corrected chi connectivity index (χ4v) is 2.44. The molecule has 2 aromatic rings. The maximum atomic E-state index is 13.1. The molecule has 2 amide bonds. The molecule has 1 unspecified atom stereocenters. The normalized spacial score (nSPS) is 12.9. The molecule has 0 saturated carbocycles. The highest BCUT2D eigenvalue weighted by Crippen LogP contribution is 2.19. The minimum Gasteiger partial charge on any atom is -0.388 e. The minimum absolute atomic E-state index is 0.0732. The number of aliphatic hydroxyl groups is 1. The molecule has 0 aliphatic carbocycles. The molecule has 0 radical (unpaired) electrons. The summed E-state index contributed by atoms with van der Waals surface area (Å²) in [7, 11) is 0. The van der Waals surface area contributed by atoms with Gasteiger partial charge in [0.15, 0.2) is 0 Å². The number of carbonyl (C=O) groups is 2. The van der Waals surface area contributed by atoms with Crippen LogP contribution in [0.3, 0.4) is 0 Å². The van der Waals surface area contributed by atoms with E-state index in [0.717, 1.165) is 11.6 Å². The molecule has 1 atom stereocenters. The van der Waals surface area contributed by atoms with Gasteiger partial charge in [-0.3, -0.25) is 9.59 Å². The number of carbonyl (C=O) groups excluding carboxylic acids is 2. The maximum absolute atomic E-state index is 13.1. The maximum Gasteiger partial charge on any atom is 0.313 e. The molecule has 0 aliphatic rings. The average Bonchev–Trinajstić information content (AvgIpc) is 2.62. The van der Waals surface area contributed by atoms with Crippen molar-refractivity contribution in [3.63, 3.8) is 0 Å². The first kappa shape index (κ1) is 19.9. The van der Waals surface area contributed by atoms with Crippen LogP contribution in [-0.4, -0.2) is 29.1 Å². The Balaban J connectivity index is 1.82. The third-order valence-corrected chi connectivity index (χ3v) is 4.10. The molecule has 2 aromatic carbocycles. The Hall–Kier alpha value is -2.44. The van der Waals surface area contributed by atoms with Crippen molar-refractivity contribution in [3.8, 4) is 0 Å². The highest BCUT2D eigenvalue weighted by atomic mass is 35.5. The lowest BCUT2D eigenvalue weighted by Gasteiger charge is -2.23. The number of hydrogen-bond donors (Lipinski definition) is 3. The third kappa shape index (κ3) is 6.13. The highest BCUT2D eigenvalue weighted by molar-refractivity contribution is 6.39. The largest absolute Gasteiger partial charge is 0.388 e. The Morgan fingerprint density at radius 3 is 2.50 bits per heavy atom. The Labute approximate surface area is 156 Å². The Kier molecular flexibility index (Phi) is 6.71. The van der Waals surface area contributed by atoms with Gasteiger partial charge < -0.3 is 15.7 Å². The number of rotatable bonds is 6. The standard InChI is InChI=1S/C19H20ClFN2O3/c1-19(26,10-9-13-5-3-2-4-6-13)12-22-17(24)18(25)23-14-7-8-16(21)15(20)11-14/h2-8,11,26H,9-10,12H2,1H3,(H,22,24)(H,23,25). The second kappa shape index (κ2) is 8.78. The van der Waals surface area contributed by atoms with Gasteiger partial charge in [0.2, 0.25) is 0 Å². The monoisotopic (exact) mass is 378 g/mol. The van der Waals surface area contributed by atoms with Gasteiger partial charge in [-0.2, -0.15) is 0 Å². The van der Waals surface area contributed by atoms with Crippen LogP contribution in [0.2, 0.25) is 5.02 Å². The molecule has 2 rings (SSSR count). The number of hydrogen-bond acceptors (Lipinski definition) is 3. The van der Waals surface area contributed by atoms with Crippen molar-refractivity contribution in [2.45, 2.75) is 25.4 Å². The fourth-order valence-electron chi connectivity index (χ4n) is 2.26. The van der Waals surface area contributed by atoms with Gasteiger partial charge in [0, 0.05) is 12.2 Å². The van der Waals surface area contributed by atoms with E-state index >= 15 is 0 Å². The van der Waals surface area contributed by atoms with Crippen LogP contribution in [0.5, 0.6) is 0 Å². The van der Waals surface area contributed by atoms with Crippen molar-refractivity contribution in [1.82, 2.24) is 5.32 Å². The van der Waals surface area contributed by atoms with E-state index in [0.29, 0.717) is 12.8 Å². The highest BCUT2D eigenvalue weighted by Gasteiger charge is 2.23. The summed E-state index contributed by atoms with van der Waals surface area (Å²) < 4.78 is 13.1. The molecule has 0 bridgehead atoms. The van der Waals surface area contributed by atoms with Crippen LogP contribution in [0.4, 0.5) is 10.1 Å². The summed E-state index contributed by atoms with van der Waals surface area (Å²) in [5.41, 5.74) is 0.114. The fraction of sp³-hybridized carbons (Fsp3) is 0.263. The molecule has 3 N–H and O–H groups in total. The van der Waals surface area contributed by atoms with E-state index in [1.54, 1.807) is 6.92 Å². The molecular formula is C19H20ClFN2O3. The lowest BCUT2D eigenvalue weighted by molar-refractivity contribution is -0.136. The van der Waals surface area contributed by atoms with Crippen LogP contribution in [-0.2, 0) is 16.0 Å². The quantitative estimate of drug-likeness (QED) is 0.676. The summed E-state index contributed by atoms with van der Waals surface area (Å²) >= 11 is 5.62. The third-order valence-electron chi connectivity index (χ3n) is 3.81. The minimum atomic E-state index is -1.16. The molecule has 0 aromatic heterocycles. The van der Waals surface area contributed by atoms with E-state index in [9.17, 15) is 19.1 Å². The van der Waals surface area contributed by atoms with E-state index in [1.165, 1.54) is 12.1 Å². The zero-order valence-corrected chi connectivity index (χ0v) is 15.0. The predicted molar refractivity (Wildman–Crippen MR) is 98.4 cm³/mol. The number of halogens is 2. The van der Waals surface area contributed by atoms with Crippen LogP contribution in [0.25, 0.3) is 0 Å². The van der Waals surface area contributed by atoms with Gasteiger partial charge >= 0.3 is 11.8 Å². The smallest absolute Gasteiger partial charge is 0.313 e. The molecule has 26 heavy (non-hydrogen) atoms. The second-order valence-electron chi connectivity index (χ2n) is 6.25. The van der Waals surface area contributed by atoms with Crippen molar-refractivity contribution in [1.29, 1.82) is 0 Å². The van der Waals surface area contributed by atoms with Gasteiger partial charge in [-0.15, -0.1) is 0 Å². The lowest BCUT2D eigenvalue weighted by Crippen LogP contribution is -2.44. The van der Waals surface area contributed by atoms with E-state index < -0.39 is 23.2 Å². The Bertz CT molecular complexity index is 782. The number of anilines is 1. The summed E-state index contributed by atoms with van der Waals surface area (Å²) in [6.45, 7) is 1.52. The van der Waals surface area contributed by atoms with Gasteiger partial charge in [-0.25, -0.2) is 4.39 Å². The molecule has 0 saturated heterocycles. The van der Waals surface area contributed by atoms with Gasteiger partial charge in [0.1, 0.15) is 5.82 Å². The summed E-state index contributed by atoms with van der Waals surface area (Å²) in [4.78, 5) is 23.7. The van der Waals surface area contributed by atoms with Gasteiger partial charge in [0.25, 0.3) is 0 Å². The van der Waals surface area contributed by atoms with Crippen LogP contribution in [0, 0.1) is 5.82 Å². The number of nitrogens with one attached hydrogen (secondary N) is 2. The van der Waals surface area contributed by atoms with Gasteiger partial charge in [0.05, 0.1) is 10.6 Å². The topological polar surface area (TPSA) is 78.4 Å². The lowest BCUT2D eigenvalue weighted by atomic mass is 9.97. The zero-order chi connectivity index (χ0) is 19.2. The molecule has 0 fully saturated rings. The van der Waals surface area contributed by atoms with Crippen molar-refractivity contribution in [3.05, 3.63) is 64.9 Å². The van der Waals surface area contributed by atoms with Crippen molar-refractivity contribution in [2.24, 2.45) is 0 Å². The Morgan fingerprint density at radius 2 is 1.85 bits per heavy atom. The number of aryl methyl sites for hydroxylation is 1. The summed E-state index contributed by atoms with van der Waals surface area (Å²) in [5.74, 6) is -2.44. The average molecular weight is 379 g/mol. The van der Waals surface area contributed by atoms with Gasteiger partial charge in [-0.05, 0) is 43.5 Å². The van der Waals surface area contributed by atoms with E-state index in [1.807, 2.05) is 30.3 Å². The van der Waals surface area contributed by atoms with E-state index in [4.69, 9.17) is 11.6 Å². The molecule has 138 valence electrons. The first-order valence-electron chi connectivity index (χ1n) is 8.07. The molecule has 0 heterocycles. The molecule has 0 aliphatic heterocycles. The van der Waals surface area contributed by atoms with Crippen LogP contribution in [0.1, 0.15) is 18.9 Å². The SMILES string of the molecule is CC(O)(CCc1ccccc1)CNC(=O)C(=O)Nc1ccc(F)c(Cl)c1. The van der Waals surface area contributed by atoms with Crippen LogP contribution in [0.15, 0.2) is 48.5 Å². The van der Waals surface area contributed by atoms with Crippen molar-refractivity contribution in [2.75, 3.05) is 11.9 Å². The van der Waals surface area contributed by atoms with Crippen molar-refractivity contribution < 1.29 is 19.1 Å². The first-order chi connectivity index (χ1) is 12.3. The van der Waals surface area contributed by atoms with E-state index in [2.05, 4.69) is 10.6 Å². The Morgan fingerprint density at radius 1 is 1.15 bits per heavy atom. The van der Waals surface area contributed by atoms with Gasteiger partial charge in [-0.1, -0.05) is 41.9 Å². The molecule has 5 nitrogen and oxygen atoms in total. The molecule has 0 spiro atoms. The first-order valence-corrected chi connectivity index (χ1v) is 8.45.